The lowest BCUT2D eigenvalue weighted by atomic mass is 10.0. The van der Waals surface area contributed by atoms with Gasteiger partial charge >= 0.3 is 0 Å². The van der Waals surface area contributed by atoms with Crippen LogP contribution in [0, 0.1) is 6.92 Å². The Labute approximate surface area is 82.6 Å². The minimum Gasteiger partial charge on any atom is -0.329 e. The van der Waals surface area contributed by atoms with Crippen molar-refractivity contribution in [2.75, 3.05) is 13.1 Å². The van der Waals surface area contributed by atoms with E-state index in [9.17, 15) is 0 Å². The van der Waals surface area contributed by atoms with E-state index in [1.807, 2.05) is 6.20 Å². The van der Waals surface area contributed by atoms with Crippen molar-refractivity contribution in [2.24, 2.45) is 5.73 Å². The van der Waals surface area contributed by atoms with Crippen LogP contribution >= 0.6 is 11.3 Å². The lowest BCUT2D eigenvalue weighted by molar-refractivity contribution is 0.0881. The Balaban J connectivity index is 1.91. The van der Waals surface area contributed by atoms with Crippen molar-refractivity contribution < 1.29 is 0 Å². The molecule has 1 aliphatic rings. The first-order valence-corrected chi connectivity index (χ1v) is 5.46. The Morgan fingerprint density at radius 3 is 3.08 bits per heavy atom. The summed E-state index contributed by atoms with van der Waals surface area (Å²) in [4.78, 5) is 8.03. The standard InChI is InChI=1S/C9H15N3S/c1-7-5-11-9(13-7)6-12-3-2-8(12)4-10/h5,8H,2-4,6,10H2,1H3. The first-order chi connectivity index (χ1) is 6.29. The number of likely N-dealkylation sites (tertiary alicyclic amines) is 1. The first kappa shape index (κ1) is 9.12. The molecule has 1 fully saturated rings. The summed E-state index contributed by atoms with van der Waals surface area (Å²) in [6.45, 7) is 5.04. The summed E-state index contributed by atoms with van der Waals surface area (Å²) in [7, 11) is 0. The Bertz CT molecular complexity index is 282. The monoisotopic (exact) mass is 197 g/mol. The Morgan fingerprint density at radius 2 is 2.62 bits per heavy atom. The molecule has 0 bridgehead atoms. The molecule has 13 heavy (non-hydrogen) atoms. The van der Waals surface area contributed by atoms with Crippen molar-refractivity contribution in [3.8, 4) is 0 Å². The predicted octanol–water partition coefficient (Wildman–Crippen LogP) is 0.985. The molecule has 3 nitrogen and oxygen atoms in total. The highest BCUT2D eigenvalue weighted by molar-refractivity contribution is 7.11. The van der Waals surface area contributed by atoms with E-state index >= 15 is 0 Å². The highest BCUT2D eigenvalue weighted by Crippen LogP contribution is 2.21. The average molecular weight is 197 g/mol. The quantitative estimate of drug-likeness (QED) is 0.785. The summed E-state index contributed by atoms with van der Waals surface area (Å²) >= 11 is 1.78. The van der Waals surface area contributed by atoms with E-state index in [1.54, 1.807) is 11.3 Å². The molecule has 0 amide bonds. The molecule has 0 spiro atoms. The van der Waals surface area contributed by atoms with Gasteiger partial charge in [-0.2, -0.15) is 0 Å². The fraction of sp³-hybridized carbons (Fsp3) is 0.667. The number of nitrogens with two attached hydrogens (primary N) is 1. The zero-order valence-corrected chi connectivity index (χ0v) is 8.68. The lowest BCUT2D eigenvalue weighted by Crippen LogP contribution is -2.50. The maximum absolute atomic E-state index is 5.62. The molecule has 1 aromatic heterocycles. The van der Waals surface area contributed by atoms with Gasteiger partial charge in [-0.05, 0) is 13.3 Å². The highest BCUT2D eigenvalue weighted by Gasteiger charge is 2.26. The van der Waals surface area contributed by atoms with Gasteiger partial charge < -0.3 is 5.73 Å². The SMILES string of the molecule is Cc1cnc(CN2CCC2CN)s1. The summed E-state index contributed by atoms with van der Waals surface area (Å²) in [5.41, 5.74) is 5.62. The molecule has 2 heterocycles. The Morgan fingerprint density at radius 1 is 1.77 bits per heavy atom. The molecular formula is C9H15N3S. The third-order valence-corrected chi connectivity index (χ3v) is 3.44. The number of rotatable bonds is 3. The maximum Gasteiger partial charge on any atom is 0.107 e. The second-order valence-electron chi connectivity index (χ2n) is 3.51. The molecule has 1 aliphatic heterocycles. The Hall–Kier alpha value is -0.450. The average Bonchev–Trinajstić information content (AvgIpc) is 2.46. The molecule has 1 unspecified atom stereocenters. The van der Waals surface area contributed by atoms with Crippen molar-refractivity contribution in [3.63, 3.8) is 0 Å². The van der Waals surface area contributed by atoms with Crippen LogP contribution in [0.1, 0.15) is 16.3 Å². The van der Waals surface area contributed by atoms with Gasteiger partial charge in [0.15, 0.2) is 0 Å². The molecular weight excluding hydrogens is 182 g/mol. The summed E-state index contributed by atoms with van der Waals surface area (Å²) in [6, 6.07) is 0.601. The molecule has 4 heteroatoms. The van der Waals surface area contributed by atoms with Gasteiger partial charge in [0.05, 0.1) is 6.54 Å². The molecule has 0 aliphatic carbocycles. The van der Waals surface area contributed by atoms with Crippen molar-refractivity contribution in [1.29, 1.82) is 0 Å². The van der Waals surface area contributed by atoms with Crippen LogP contribution in [0.3, 0.4) is 0 Å². The van der Waals surface area contributed by atoms with Crippen LogP contribution in [0.4, 0.5) is 0 Å². The minimum atomic E-state index is 0.601. The predicted molar refractivity (Wildman–Crippen MR) is 54.7 cm³/mol. The lowest BCUT2D eigenvalue weighted by Gasteiger charge is -2.39. The topological polar surface area (TPSA) is 42.2 Å². The molecule has 1 saturated heterocycles. The maximum atomic E-state index is 5.62. The van der Waals surface area contributed by atoms with Crippen LogP contribution in [-0.4, -0.2) is 29.0 Å². The molecule has 0 saturated carbocycles. The fourth-order valence-electron chi connectivity index (χ4n) is 1.62. The molecule has 0 radical (unpaired) electrons. The highest BCUT2D eigenvalue weighted by atomic mass is 32.1. The van der Waals surface area contributed by atoms with Crippen molar-refractivity contribution >= 4 is 11.3 Å². The number of aromatic nitrogens is 1. The van der Waals surface area contributed by atoms with E-state index in [0.717, 1.165) is 13.1 Å². The molecule has 1 aromatic rings. The Kier molecular flexibility index (Phi) is 2.62. The van der Waals surface area contributed by atoms with Crippen LogP contribution < -0.4 is 5.73 Å². The van der Waals surface area contributed by atoms with Gasteiger partial charge in [-0.3, -0.25) is 4.90 Å². The van der Waals surface area contributed by atoms with E-state index < -0.39 is 0 Å². The van der Waals surface area contributed by atoms with Crippen LogP contribution in [0.2, 0.25) is 0 Å². The summed E-state index contributed by atoms with van der Waals surface area (Å²) < 4.78 is 0. The summed E-state index contributed by atoms with van der Waals surface area (Å²) in [5, 5.41) is 1.22. The van der Waals surface area contributed by atoms with Crippen molar-refractivity contribution in [3.05, 3.63) is 16.1 Å². The number of hydrogen-bond donors (Lipinski definition) is 1. The van der Waals surface area contributed by atoms with E-state index in [2.05, 4.69) is 16.8 Å². The van der Waals surface area contributed by atoms with Gasteiger partial charge in [-0.1, -0.05) is 0 Å². The van der Waals surface area contributed by atoms with Crippen LogP contribution in [-0.2, 0) is 6.54 Å². The van der Waals surface area contributed by atoms with E-state index in [0.29, 0.717) is 6.04 Å². The molecule has 1 atom stereocenters. The smallest absolute Gasteiger partial charge is 0.107 e. The third kappa shape index (κ3) is 1.90. The number of nitrogens with zero attached hydrogens (tertiary/aromatic N) is 2. The zero-order chi connectivity index (χ0) is 9.26. The van der Waals surface area contributed by atoms with Crippen molar-refractivity contribution in [1.82, 2.24) is 9.88 Å². The number of thiazole rings is 1. The minimum absolute atomic E-state index is 0.601. The summed E-state index contributed by atoms with van der Waals surface area (Å²) in [5.74, 6) is 0. The van der Waals surface area contributed by atoms with Gasteiger partial charge in [0.2, 0.25) is 0 Å². The third-order valence-electron chi connectivity index (χ3n) is 2.55. The van der Waals surface area contributed by atoms with Gasteiger partial charge in [0.25, 0.3) is 0 Å². The number of aryl methyl sites for hydroxylation is 1. The van der Waals surface area contributed by atoms with Gasteiger partial charge in [-0.25, -0.2) is 4.98 Å². The largest absolute Gasteiger partial charge is 0.329 e. The number of hydrogen-bond acceptors (Lipinski definition) is 4. The molecule has 2 N–H and O–H groups in total. The second kappa shape index (κ2) is 3.74. The first-order valence-electron chi connectivity index (χ1n) is 4.65. The molecule has 0 aromatic carbocycles. The van der Waals surface area contributed by atoms with Crippen LogP contribution in [0.5, 0.6) is 0 Å². The van der Waals surface area contributed by atoms with Crippen LogP contribution in [0.25, 0.3) is 0 Å². The molecule has 72 valence electrons. The second-order valence-corrected chi connectivity index (χ2v) is 4.83. The van der Waals surface area contributed by atoms with Gasteiger partial charge in [-0.15, -0.1) is 11.3 Å². The zero-order valence-electron chi connectivity index (χ0n) is 7.86. The fourth-order valence-corrected chi connectivity index (χ4v) is 2.43. The molecule has 2 rings (SSSR count). The van der Waals surface area contributed by atoms with Gasteiger partial charge in [0, 0.05) is 30.2 Å². The van der Waals surface area contributed by atoms with E-state index in [4.69, 9.17) is 5.73 Å². The van der Waals surface area contributed by atoms with Crippen LogP contribution in [0.15, 0.2) is 6.20 Å². The van der Waals surface area contributed by atoms with Crippen molar-refractivity contribution in [2.45, 2.75) is 25.9 Å². The normalized spacial score (nSPS) is 23.1. The van der Waals surface area contributed by atoms with Gasteiger partial charge in [0.1, 0.15) is 5.01 Å². The van der Waals surface area contributed by atoms with E-state index in [-0.39, 0.29) is 0 Å². The van der Waals surface area contributed by atoms with E-state index in [1.165, 1.54) is 22.9 Å². The summed E-state index contributed by atoms with van der Waals surface area (Å²) in [6.07, 6.45) is 3.19.